The van der Waals surface area contributed by atoms with Gasteiger partial charge in [0.1, 0.15) is 22.5 Å². The lowest BCUT2D eigenvalue weighted by atomic mass is 10.1. The Morgan fingerprint density at radius 1 is 1.25 bits per heavy atom. The molecule has 0 aromatic carbocycles. The van der Waals surface area contributed by atoms with Gasteiger partial charge in [-0.1, -0.05) is 11.6 Å². The van der Waals surface area contributed by atoms with Crippen molar-refractivity contribution in [3.8, 4) is 11.3 Å². The van der Waals surface area contributed by atoms with Gasteiger partial charge in [-0.25, -0.2) is 28.2 Å². The normalized spacial score (nSPS) is 11.9. The van der Waals surface area contributed by atoms with E-state index in [2.05, 4.69) is 15.0 Å². The number of ether oxygens (including phenoxy) is 1. The van der Waals surface area contributed by atoms with Crippen LogP contribution < -0.4 is 0 Å². The summed E-state index contributed by atoms with van der Waals surface area (Å²) in [4.78, 5) is 25.2. The molecule has 12 heteroatoms. The Morgan fingerprint density at radius 2 is 1.97 bits per heavy atom. The highest BCUT2D eigenvalue weighted by atomic mass is 35.5. The van der Waals surface area contributed by atoms with E-state index in [-0.39, 0.29) is 37.1 Å². The summed E-state index contributed by atoms with van der Waals surface area (Å²) in [6, 6.07) is 5.48. The molecule has 0 unspecified atom stereocenters. The monoisotopic (exact) mass is 498 g/mol. The molecule has 32 heavy (non-hydrogen) atoms. The van der Waals surface area contributed by atoms with Crippen molar-refractivity contribution in [1.29, 1.82) is 0 Å². The van der Waals surface area contributed by atoms with Crippen molar-refractivity contribution in [2.45, 2.75) is 42.0 Å². The fraction of sp³-hybridized carbons (Fsp3) is 0.300. The van der Waals surface area contributed by atoms with Gasteiger partial charge < -0.3 is 9.64 Å². The van der Waals surface area contributed by atoms with Crippen LogP contribution in [0.5, 0.6) is 0 Å². The molecule has 0 radical (unpaired) electrons. The third-order valence-corrected chi connectivity index (χ3v) is 8.01. The fourth-order valence-electron chi connectivity index (χ4n) is 2.45. The summed E-state index contributed by atoms with van der Waals surface area (Å²) in [5.41, 5.74) is -0.681. The summed E-state index contributed by atoms with van der Waals surface area (Å²) in [5.74, 6) is -0.875. The summed E-state index contributed by atoms with van der Waals surface area (Å²) in [5, 5.41) is 0.307. The molecule has 0 N–H and O–H groups in total. The zero-order valence-corrected chi connectivity index (χ0v) is 20.1. The first-order chi connectivity index (χ1) is 14.9. The number of hydrogen-bond donors (Lipinski definition) is 0. The molecule has 0 aliphatic carbocycles. The van der Waals surface area contributed by atoms with E-state index in [9.17, 15) is 17.6 Å². The molecule has 3 heterocycles. The smallest absolute Gasteiger partial charge is 0.410 e. The van der Waals surface area contributed by atoms with Crippen LogP contribution in [0.1, 0.15) is 25.8 Å². The van der Waals surface area contributed by atoms with Crippen LogP contribution in [0.3, 0.4) is 0 Å². The van der Waals surface area contributed by atoms with Crippen LogP contribution in [-0.4, -0.2) is 46.9 Å². The largest absolute Gasteiger partial charge is 0.442 e. The third kappa shape index (κ3) is 5.05. The van der Waals surface area contributed by atoms with Crippen molar-refractivity contribution in [3.05, 3.63) is 52.8 Å². The number of halogens is 2. The zero-order chi connectivity index (χ0) is 23.7. The van der Waals surface area contributed by atoms with Gasteiger partial charge in [0.15, 0.2) is 4.21 Å². The van der Waals surface area contributed by atoms with Crippen LogP contribution in [0, 0.1) is 5.95 Å². The number of nitrogens with zero attached hydrogens (tertiary/aromatic N) is 4. The summed E-state index contributed by atoms with van der Waals surface area (Å²) in [6.07, 6.45) is 1.75. The van der Waals surface area contributed by atoms with Gasteiger partial charge in [-0.05, 0) is 45.0 Å². The Kier molecular flexibility index (Phi) is 6.82. The number of amides is 1. The van der Waals surface area contributed by atoms with Crippen LogP contribution in [0.2, 0.25) is 5.15 Å². The molecule has 0 fully saturated rings. The number of aromatic nitrogens is 3. The van der Waals surface area contributed by atoms with E-state index in [1.807, 2.05) is 20.8 Å². The Hall–Kier alpha value is -2.63. The summed E-state index contributed by atoms with van der Waals surface area (Å²) in [7, 11) is -2.53. The molecule has 3 aromatic rings. The van der Waals surface area contributed by atoms with Gasteiger partial charge >= 0.3 is 6.09 Å². The van der Waals surface area contributed by atoms with E-state index in [4.69, 9.17) is 16.3 Å². The lowest BCUT2D eigenvalue weighted by Crippen LogP contribution is -2.42. The molecule has 0 atom stereocenters. The van der Waals surface area contributed by atoms with Gasteiger partial charge in [-0.2, -0.15) is 4.39 Å². The SMILES string of the molecule is CN(C(=O)OCc1nc(-c2cccnc2F)c(S(=O)(=O)c2ccc(Cl)nc2)s1)C(C)(C)C. The minimum absolute atomic E-state index is 0.0892. The maximum Gasteiger partial charge on any atom is 0.410 e. The second-order valence-corrected chi connectivity index (χ2v) is 11.3. The summed E-state index contributed by atoms with van der Waals surface area (Å²) >= 11 is 6.54. The van der Waals surface area contributed by atoms with Crippen molar-refractivity contribution >= 4 is 38.9 Å². The zero-order valence-electron chi connectivity index (χ0n) is 17.7. The molecule has 170 valence electrons. The van der Waals surface area contributed by atoms with Crippen LogP contribution in [0.25, 0.3) is 11.3 Å². The number of carbonyl (C=O) groups excluding carboxylic acids is 1. The molecule has 1 amide bonds. The Balaban J connectivity index is 2.03. The number of pyridine rings is 2. The molecule has 0 spiro atoms. The molecule has 0 saturated heterocycles. The van der Waals surface area contributed by atoms with Gasteiger partial charge in [-0.3, -0.25) is 0 Å². The van der Waals surface area contributed by atoms with E-state index in [0.29, 0.717) is 0 Å². The van der Waals surface area contributed by atoms with Crippen LogP contribution in [0.4, 0.5) is 9.18 Å². The molecule has 3 rings (SSSR count). The maximum atomic E-state index is 14.4. The van der Waals surface area contributed by atoms with Crippen LogP contribution in [0.15, 0.2) is 45.8 Å². The first-order valence-corrected chi connectivity index (χ1v) is 12.0. The quantitative estimate of drug-likeness (QED) is 0.474. The number of hydrogen-bond acceptors (Lipinski definition) is 8. The number of carbonyl (C=O) groups is 1. The molecule has 0 aliphatic heterocycles. The Bertz CT molecular complexity index is 1240. The van der Waals surface area contributed by atoms with E-state index < -0.39 is 27.4 Å². The van der Waals surface area contributed by atoms with Gasteiger partial charge in [0.05, 0.1) is 10.5 Å². The standard InChI is InChI=1S/C20H20ClFN4O4S2/c1-20(2,3)26(4)19(27)30-11-15-25-16(13-6-5-9-23-17(13)22)18(31-15)32(28,29)12-7-8-14(21)24-10-12/h5-10H,11H2,1-4H3. The number of sulfone groups is 1. The van der Waals surface area contributed by atoms with E-state index in [0.717, 1.165) is 17.5 Å². The Labute approximate surface area is 194 Å². The fourth-order valence-corrected chi connectivity index (χ4v) is 5.36. The molecule has 3 aromatic heterocycles. The highest BCUT2D eigenvalue weighted by molar-refractivity contribution is 7.93. The first kappa shape index (κ1) is 24.0. The van der Waals surface area contributed by atoms with Crippen molar-refractivity contribution in [1.82, 2.24) is 19.9 Å². The van der Waals surface area contributed by atoms with Crippen molar-refractivity contribution in [2.75, 3.05) is 7.05 Å². The summed E-state index contributed by atoms with van der Waals surface area (Å²) < 4.78 is 46.0. The van der Waals surface area contributed by atoms with Gasteiger partial charge in [0, 0.05) is 25.0 Å². The molecule has 0 bridgehead atoms. The molecular formula is C20H20ClFN4O4S2. The Morgan fingerprint density at radius 3 is 2.56 bits per heavy atom. The second kappa shape index (κ2) is 9.08. The van der Waals surface area contributed by atoms with Crippen LogP contribution in [-0.2, 0) is 21.2 Å². The van der Waals surface area contributed by atoms with E-state index in [1.165, 1.54) is 35.4 Å². The maximum absolute atomic E-state index is 14.4. The van der Waals surface area contributed by atoms with Gasteiger partial charge in [0.2, 0.25) is 15.8 Å². The number of thiazole rings is 1. The molecule has 0 saturated carbocycles. The predicted molar refractivity (Wildman–Crippen MR) is 118 cm³/mol. The lowest BCUT2D eigenvalue weighted by Gasteiger charge is -2.30. The van der Waals surface area contributed by atoms with Crippen molar-refractivity contribution < 1.29 is 22.3 Å². The minimum atomic E-state index is -4.12. The summed E-state index contributed by atoms with van der Waals surface area (Å²) in [6.45, 7) is 5.23. The minimum Gasteiger partial charge on any atom is -0.442 e. The highest BCUT2D eigenvalue weighted by Crippen LogP contribution is 2.37. The van der Waals surface area contributed by atoms with Gasteiger partial charge in [0.25, 0.3) is 0 Å². The average Bonchev–Trinajstić information content (AvgIpc) is 3.16. The van der Waals surface area contributed by atoms with E-state index >= 15 is 0 Å². The van der Waals surface area contributed by atoms with Crippen LogP contribution >= 0.6 is 22.9 Å². The second-order valence-electron chi connectivity index (χ2n) is 7.69. The van der Waals surface area contributed by atoms with E-state index in [1.54, 1.807) is 7.05 Å². The predicted octanol–water partition coefficient (Wildman–Crippen LogP) is 4.59. The molecule has 0 aliphatic rings. The molecular weight excluding hydrogens is 479 g/mol. The highest BCUT2D eigenvalue weighted by Gasteiger charge is 2.30. The third-order valence-electron chi connectivity index (χ3n) is 4.51. The van der Waals surface area contributed by atoms with Gasteiger partial charge in [-0.15, -0.1) is 11.3 Å². The first-order valence-electron chi connectivity index (χ1n) is 9.29. The lowest BCUT2D eigenvalue weighted by molar-refractivity contribution is 0.0759. The van der Waals surface area contributed by atoms with Crippen molar-refractivity contribution in [3.63, 3.8) is 0 Å². The number of rotatable bonds is 5. The molecule has 8 nitrogen and oxygen atoms in total. The topological polar surface area (TPSA) is 102 Å². The average molecular weight is 499 g/mol. The van der Waals surface area contributed by atoms with Crippen molar-refractivity contribution in [2.24, 2.45) is 0 Å².